The van der Waals surface area contributed by atoms with Crippen molar-refractivity contribution in [2.75, 3.05) is 12.3 Å². The molecule has 0 aliphatic heterocycles. The molecule has 0 heterocycles. The number of nitrogen functional groups attached to an aromatic ring is 1. The number of ether oxygens (including phenoxy) is 1. The van der Waals surface area contributed by atoms with Crippen LogP contribution in [-0.4, -0.2) is 18.6 Å². The highest BCUT2D eigenvalue weighted by Crippen LogP contribution is 2.37. The van der Waals surface area contributed by atoms with E-state index < -0.39 is 29.5 Å². The van der Waals surface area contributed by atoms with Gasteiger partial charge >= 0.3 is 6.18 Å². The van der Waals surface area contributed by atoms with E-state index in [4.69, 9.17) is 10.5 Å². The molecule has 3 N–H and O–H groups in total. The zero-order valence-electron chi connectivity index (χ0n) is 12.1. The third-order valence-electron chi connectivity index (χ3n) is 2.67. The number of carbonyl (C=O) groups is 1. The van der Waals surface area contributed by atoms with Gasteiger partial charge in [-0.1, -0.05) is 13.8 Å². The Morgan fingerprint density at radius 2 is 1.95 bits per heavy atom. The maximum absolute atomic E-state index is 12.9. The topological polar surface area (TPSA) is 64.3 Å². The molecule has 0 fully saturated rings. The Kier molecular flexibility index (Phi) is 5.46. The van der Waals surface area contributed by atoms with Crippen molar-refractivity contribution in [3.8, 4) is 5.75 Å². The lowest BCUT2D eigenvalue weighted by molar-refractivity contribution is -0.140. The summed E-state index contributed by atoms with van der Waals surface area (Å²) in [4.78, 5) is 11.7. The Morgan fingerprint density at radius 3 is 2.48 bits per heavy atom. The molecule has 21 heavy (non-hydrogen) atoms. The fraction of sp³-hybridized carbons (Fsp3) is 0.500. The SMILES string of the molecule is CC(C)CNC(=O)C(C)Oc1ccc(N)cc1C(F)(F)F. The molecule has 1 unspecified atom stereocenters. The molecule has 1 aromatic carbocycles. The molecule has 0 aliphatic rings. The van der Waals surface area contributed by atoms with E-state index in [1.807, 2.05) is 13.8 Å². The van der Waals surface area contributed by atoms with E-state index in [0.29, 0.717) is 6.54 Å². The monoisotopic (exact) mass is 304 g/mol. The van der Waals surface area contributed by atoms with E-state index in [-0.39, 0.29) is 11.6 Å². The number of amides is 1. The van der Waals surface area contributed by atoms with Crippen molar-refractivity contribution in [3.63, 3.8) is 0 Å². The van der Waals surface area contributed by atoms with Crippen LogP contribution in [0, 0.1) is 5.92 Å². The van der Waals surface area contributed by atoms with Crippen LogP contribution >= 0.6 is 0 Å². The highest BCUT2D eigenvalue weighted by molar-refractivity contribution is 5.80. The van der Waals surface area contributed by atoms with E-state index in [2.05, 4.69) is 5.32 Å². The number of carbonyl (C=O) groups excluding carboxylic acids is 1. The second-order valence-electron chi connectivity index (χ2n) is 5.15. The van der Waals surface area contributed by atoms with Gasteiger partial charge in [-0.3, -0.25) is 4.79 Å². The van der Waals surface area contributed by atoms with Crippen molar-refractivity contribution in [2.24, 2.45) is 5.92 Å². The van der Waals surface area contributed by atoms with Crippen LogP contribution in [0.15, 0.2) is 18.2 Å². The summed E-state index contributed by atoms with van der Waals surface area (Å²) >= 11 is 0. The van der Waals surface area contributed by atoms with Gasteiger partial charge in [0.1, 0.15) is 5.75 Å². The number of hydrogen-bond acceptors (Lipinski definition) is 3. The molecule has 118 valence electrons. The Morgan fingerprint density at radius 1 is 1.33 bits per heavy atom. The summed E-state index contributed by atoms with van der Waals surface area (Å²) in [5.41, 5.74) is 4.34. The maximum atomic E-state index is 12.9. The minimum atomic E-state index is -4.60. The molecule has 0 aromatic heterocycles. The molecule has 0 aliphatic carbocycles. The average Bonchev–Trinajstić information content (AvgIpc) is 2.36. The summed E-state index contributed by atoms with van der Waals surface area (Å²) in [6.07, 6.45) is -5.63. The molecule has 0 spiro atoms. The number of nitrogens with one attached hydrogen (secondary N) is 1. The van der Waals surface area contributed by atoms with Gasteiger partial charge in [0.2, 0.25) is 0 Å². The van der Waals surface area contributed by atoms with Crippen molar-refractivity contribution in [1.29, 1.82) is 0 Å². The van der Waals surface area contributed by atoms with Crippen LogP contribution in [0.5, 0.6) is 5.75 Å². The molecular weight excluding hydrogens is 285 g/mol. The van der Waals surface area contributed by atoms with Crippen LogP contribution in [0.4, 0.5) is 18.9 Å². The maximum Gasteiger partial charge on any atom is 0.420 e. The predicted octanol–water partition coefficient (Wildman–Crippen LogP) is 2.83. The summed E-state index contributed by atoms with van der Waals surface area (Å²) in [6.45, 7) is 5.65. The number of alkyl halides is 3. The average molecular weight is 304 g/mol. The molecule has 1 aromatic rings. The van der Waals surface area contributed by atoms with Crippen molar-refractivity contribution in [1.82, 2.24) is 5.32 Å². The lowest BCUT2D eigenvalue weighted by Gasteiger charge is -2.19. The first kappa shape index (κ1) is 17.1. The minimum absolute atomic E-state index is 0.0217. The number of anilines is 1. The number of nitrogens with two attached hydrogens (primary N) is 1. The van der Waals surface area contributed by atoms with Crippen LogP contribution in [0.25, 0.3) is 0 Å². The number of hydrogen-bond donors (Lipinski definition) is 2. The summed E-state index contributed by atoms with van der Waals surface area (Å²) < 4.78 is 43.8. The third kappa shape index (κ3) is 5.17. The van der Waals surface area contributed by atoms with Crippen LogP contribution in [0.2, 0.25) is 0 Å². The predicted molar refractivity (Wildman–Crippen MR) is 73.8 cm³/mol. The molecule has 1 atom stereocenters. The third-order valence-corrected chi connectivity index (χ3v) is 2.67. The molecule has 0 bridgehead atoms. The Balaban J connectivity index is 2.85. The van der Waals surface area contributed by atoms with Gasteiger partial charge in [0, 0.05) is 12.2 Å². The minimum Gasteiger partial charge on any atom is -0.480 e. The lowest BCUT2D eigenvalue weighted by atomic mass is 10.1. The Labute approximate surface area is 121 Å². The second-order valence-corrected chi connectivity index (χ2v) is 5.15. The first-order chi connectivity index (χ1) is 9.61. The van der Waals surface area contributed by atoms with Gasteiger partial charge in [-0.2, -0.15) is 13.2 Å². The van der Waals surface area contributed by atoms with Crippen molar-refractivity contribution in [3.05, 3.63) is 23.8 Å². The molecular formula is C14H19F3N2O2. The molecule has 1 rings (SSSR count). The smallest absolute Gasteiger partial charge is 0.420 e. The summed E-state index contributed by atoms with van der Waals surface area (Å²) in [5.74, 6) is -0.638. The summed E-state index contributed by atoms with van der Waals surface area (Å²) in [7, 11) is 0. The highest BCUT2D eigenvalue weighted by Gasteiger charge is 2.35. The molecule has 0 saturated carbocycles. The summed E-state index contributed by atoms with van der Waals surface area (Å²) in [6, 6.07) is 3.20. The van der Waals surface area contributed by atoms with Gasteiger partial charge in [0.05, 0.1) is 5.56 Å². The van der Waals surface area contributed by atoms with E-state index in [1.54, 1.807) is 0 Å². The van der Waals surface area contributed by atoms with Gasteiger partial charge in [0.15, 0.2) is 6.10 Å². The first-order valence-corrected chi connectivity index (χ1v) is 6.52. The van der Waals surface area contributed by atoms with Crippen LogP contribution in [-0.2, 0) is 11.0 Å². The van der Waals surface area contributed by atoms with Crippen LogP contribution < -0.4 is 15.8 Å². The molecule has 0 saturated heterocycles. The van der Waals surface area contributed by atoms with Gasteiger partial charge in [-0.15, -0.1) is 0 Å². The summed E-state index contributed by atoms with van der Waals surface area (Å²) in [5, 5.41) is 2.60. The Hall–Kier alpha value is -1.92. The lowest BCUT2D eigenvalue weighted by Crippen LogP contribution is -2.38. The fourth-order valence-corrected chi connectivity index (χ4v) is 1.56. The zero-order valence-corrected chi connectivity index (χ0v) is 12.1. The fourth-order valence-electron chi connectivity index (χ4n) is 1.56. The second kappa shape index (κ2) is 6.69. The van der Waals surface area contributed by atoms with E-state index >= 15 is 0 Å². The number of benzene rings is 1. The van der Waals surface area contributed by atoms with E-state index in [9.17, 15) is 18.0 Å². The highest BCUT2D eigenvalue weighted by atomic mass is 19.4. The largest absolute Gasteiger partial charge is 0.480 e. The normalized spacial score (nSPS) is 13.1. The molecule has 7 heteroatoms. The first-order valence-electron chi connectivity index (χ1n) is 6.52. The quantitative estimate of drug-likeness (QED) is 0.822. The van der Waals surface area contributed by atoms with Crippen molar-refractivity contribution >= 4 is 11.6 Å². The number of halogens is 3. The van der Waals surface area contributed by atoms with Crippen molar-refractivity contribution in [2.45, 2.75) is 33.1 Å². The Bertz CT molecular complexity index is 501. The van der Waals surface area contributed by atoms with Crippen molar-refractivity contribution < 1.29 is 22.7 Å². The van der Waals surface area contributed by atoms with Gasteiger partial charge in [0.25, 0.3) is 5.91 Å². The van der Waals surface area contributed by atoms with E-state index in [1.165, 1.54) is 13.0 Å². The number of rotatable bonds is 5. The van der Waals surface area contributed by atoms with Gasteiger partial charge < -0.3 is 15.8 Å². The molecule has 0 radical (unpaired) electrons. The van der Waals surface area contributed by atoms with Gasteiger partial charge in [-0.25, -0.2) is 0 Å². The van der Waals surface area contributed by atoms with E-state index in [0.717, 1.165) is 12.1 Å². The van der Waals surface area contributed by atoms with Crippen LogP contribution in [0.3, 0.4) is 0 Å². The molecule has 4 nitrogen and oxygen atoms in total. The van der Waals surface area contributed by atoms with Crippen LogP contribution in [0.1, 0.15) is 26.3 Å². The standard InChI is InChI=1S/C14H19F3N2O2/c1-8(2)7-19-13(20)9(3)21-12-5-4-10(18)6-11(12)14(15,16)17/h4-6,8-9H,7,18H2,1-3H3,(H,19,20). The zero-order chi connectivity index (χ0) is 16.2. The molecule has 1 amide bonds. The van der Waals surface area contributed by atoms with Gasteiger partial charge in [-0.05, 0) is 31.0 Å².